The topological polar surface area (TPSA) is 55.6 Å². The Morgan fingerprint density at radius 1 is 1.40 bits per heavy atom. The van der Waals surface area contributed by atoms with E-state index in [0.717, 1.165) is 12.1 Å². The molecule has 1 aromatic rings. The molecule has 0 bridgehead atoms. The maximum Gasteiger partial charge on any atom is 0.219 e. The first-order valence-corrected chi connectivity index (χ1v) is 6.48. The van der Waals surface area contributed by atoms with E-state index >= 15 is 0 Å². The van der Waals surface area contributed by atoms with Crippen LogP contribution in [0.3, 0.4) is 0 Å². The number of ether oxygens (including phenoxy) is 1. The molecule has 0 spiro atoms. The van der Waals surface area contributed by atoms with Crippen molar-refractivity contribution in [2.24, 2.45) is 5.73 Å². The van der Waals surface area contributed by atoms with Crippen LogP contribution in [0.5, 0.6) is 5.75 Å². The molecule has 0 aliphatic carbocycles. The number of halogens is 2. The fraction of sp³-hybridized carbons (Fsp3) is 0.500. The van der Waals surface area contributed by atoms with Gasteiger partial charge in [0.2, 0.25) is 5.91 Å². The Morgan fingerprint density at radius 3 is 2.45 bits per heavy atom. The van der Waals surface area contributed by atoms with Gasteiger partial charge in [-0.25, -0.2) is 8.78 Å². The molecule has 0 aromatic heterocycles. The molecule has 110 valence electrons. The summed E-state index contributed by atoms with van der Waals surface area (Å²) in [5, 5.41) is 0. The number of benzene rings is 1. The molecule has 2 rings (SSSR count). The SMILES string of the molecule is COc1cc(F)c(C2CCN(C(C)=O)CC2N)c(F)c1. The molecule has 1 saturated heterocycles. The number of rotatable bonds is 2. The maximum absolute atomic E-state index is 14.1. The maximum atomic E-state index is 14.1. The number of hydrogen-bond acceptors (Lipinski definition) is 3. The summed E-state index contributed by atoms with van der Waals surface area (Å²) in [7, 11) is 1.35. The van der Waals surface area contributed by atoms with Crippen LogP contribution in [0.15, 0.2) is 12.1 Å². The fourth-order valence-electron chi connectivity index (χ4n) is 2.66. The van der Waals surface area contributed by atoms with E-state index in [1.807, 2.05) is 0 Å². The van der Waals surface area contributed by atoms with E-state index in [9.17, 15) is 13.6 Å². The molecule has 0 radical (unpaired) electrons. The Morgan fingerprint density at radius 2 is 2.00 bits per heavy atom. The lowest BCUT2D eigenvalue weighted by molar-refractivity contribution is -0.130. The number of nitrogens with two attached hydrogens (primary N) is 1. The number of nitrogens with zero attached hydrogens (tertiary/aromatic N) is 1. The van der Waals surface area contributed by atoms with Gasteiger partial charge in [-0.2, -0.15) is 0 Å². The van der Waals surface area contributed by atoms with Crippen molar-refractivity contribution in [3.8, 4) is 5.75 Å². The third-order valence-electron chi connectivity index (χ3n) is 3.76. The van der Waals surface area contributed by atoms with Gasteiger partial charge in [0, 0.05) is 49.7 Å². The second kappa shape index (κ2) is 5.75. The molecule has 20 heavy (non-hydrogen) atoms. The van der Waals surface area contributed by atoms with Crippen LogP contribution in [-0.4, -0.2) is 37.0 Å². The Balaban J connectivity index is 2.27. The molecule has 1 aromatic carbocycles. The van der Waals surface area contributed by atoms with E-state index < -0.39 is 23.6 Å². The van der Waals surface area contributed by atoms with Crippen molar-refractivity contribution in [2.45, 2.75) is 25.3 Å². The Hall–Kier alpha value is -1.69. The van der Waals surface area contributed by atoms with E-state index in [1.165, 1.54) is 14.0 Å². The molecular formula is C14H18F2N2O2. The van der Waals surface area contributed by atoms with Crippen molar-refractivity contribution in [1.29, 1.82) is 0 Å². The molecule has 1 fully saturated rings. The first-order chi connectivity index (χ1) is 9.43. The van der Waals surface area contributed by atoms with Gasteiger partial charge in [-0.05, 0) is 6.42 Å². The van der Waals surface area contributed by atoms with Gasteiger partial charge in [-0.15, -0.1) is 0 Å². The number of carbonyl (C=O) groups is 1. The highest BCUT2D eigenvalue weighted by molar-refractivity contribution is 5.73. The quantitative estimate of drug-likeness (QED) is 0.898. The Bertz CT molecular complexity index is 499. The number of hydrogen-bond donors (Lipinski definition) is 1. The molecule has 6 heteroatoms. The van der Waals surface area contributed by atoms with Crippen molar-refractivity contribution in [3.05, 3.63) is 29.3 Å². The second-order valence-corrected chi connectivity index (χ2v) is 5.03. The van der Waals surface area contributed by atoms with Crippen LogP contribution in [0.1, 0.15) is 24.8 Å². The van der Waals surface area contributed by atoms with E-state index in [1.54, 1.807) is 4.90 Å². The lowest BCUT2D eigenvalue weighted by Gasteiger charge is -2.36. The molecule has 0 saturated carbocycles. The van der Waals surface area contributed by atoms with Gasteiger partial charge in [0.1, 0.15) is 17.4 Å². The monoisotopic (exact) mass is 284 g/mol. The summed E-state index contributed by atoms with van der Waals surface area (Å²) in [6.45, 7) is 2.23. The minimum absolute atomic E-state index is 0.0125. The van der Waals surface area contributed by atoms with E-state index in [-0.39, 0.29) is 17.2 Å². The minimum atomic E-state index is -0.654. The van der Waals surface area contributed by atoms with E-state index in [0.29, 0.717) is 19.5 Å². The highest BCUT2D eigenvalue weighted by Crippen LogP contribution is 2.33. The largest absolute Gasteiger partial charge is 0.497 e. The zero-order valence-electron chi connectivity index (χ0n) is 11.5. The van der Waals surface area contributed by atoms with Gasteiger partial charge < -0.3 is 15.4 Å². The predicted molar refractivity (Wildman–Crippen MR) is 70.5 cm³/mol. The molecule has 1 heterocycles. The van der Waals surface area contributed by atoms with Crippen molar-refractivity contribution in [1.82, 2.24) is 4.90 Å². The fourth-order valence-corrected chi connectivity index (χ4v) is 2.66. The van der Waals surface area contributed by atoms with Crippen LogP contribution in [0.25, 0.3) is 0 Å². The lowest BCUT2D eigenvalue weighted by atomic mass is 9.85. The smallest absolute Gasteiger partial charge is 0.219 e. The third-order valence-corrected chi connectivity index (χ3v) is 3.76. The summed E-state index contributed by atoms with van der Waals surface area (Å²) in [5.41, 5.74) is 5.98. The number of methoxy groups -OCH3 is 1. The standard InChI is InChI=1S/C14H18F2N2O2/c1-8(19)18-4-3-10(13(17)7-18)14-11(15)5-9(20-2)6-12(14)16/h5-6,10,13H,3-4,7,17H2,1-2H3. The number of amides is 1. The molecule has 2 atom stereocenters. The molecular weight excluding hydrogens is 266 g/mol. The average Bonchev–Trinajstić information content (AvgIpc) is 2.39. The third kappa shape index (κ3) is 2.75. The predicted octanol–water partition coefficient (Wildman–Crippen LogP) is 1.64. The summed E-state index contributed by atoms with van der Waals surface area (Å²) >= 11 is 0. The number of piperidine rings is 1. The molecule has 1 aliphatic rings. The highest BCUT2D eigenvalue weighted by Gasteiger charge is 2.32. The molecule has 2 N–H and O–H groups in total. The normalized spacial score (nSPS) is 22.8. The van der Waals surface area contributed by atoms with Crippen molar-refractivity contribution in [3.63, 3.8) is 0 Å². The van der Waals surface area contributed by atoms with Gasteiger partial charge >= 0.3 is 0 Å². The van der Waals surface area contributed by atoms with Gasteiger partial charge in [-0.3, -0.25) is 4.79 Å². The average molecular weight is 284 g/mol. The summed E-state index contributed by atoms with van der Waals surface area (Å²) in [4.78, 5) is 12.9. The van der Waals surface area contributed by atoms with Crippen molar-refractivity contribution in [2.75, 3.05) is 20.2 Å². The van der Waals surface area contributed by atoms with Crippen LogP contribution < -0.4 is 10.5 Å². The van der Waals surface area contributed by atoms with Crippen LogP contribution in [0.4, 0.5) is 8.78 Å². The highest BCUT2D eigenvalue weighted by atomic mass is 19.1. The summed E-state index contributed by atoms with van der Waals surface area (Å²) in [6.07, 6.45) is 0.445. The van der Waals surface area contributed by atoms with Crippen molar-refractivity contribution >= 4 is 5.91 Å². The summed E-state index contributed by atoms with van der Waals surface area (Å²) < 4.78 is 32.9. The molecule has 2 unspecified atom stereocenters. The summed E-state index contributed by atoms with van der Waals surface area (Å²) in [6, 6.07) is 1.83. The van der Waals surface area contributed by atoms with Crippen LogP contribution in [0, 0.1) is 11.6 Å². The van der Waals surface area contributed by atoms with Crippen LogP contribution in [0.2, 0.25) is 0 Å². The van der Waals surface area contributed by atoms with E-state index in [2.05, 4.69) is 0 Å². The number of carbonyl (C=O) groups excluding carboxylic acids is 1. The van der Waals surface area contributed by atoms with Gasteiger partial charge in [0.25, 0.3) is 0 Å². The van der Waals surface area contributed by atoms with Gasteiger partial charge in [-0.1, -0.05) is 0 Å². The minimum Gasteiger partial charge on any atom is -0.497 e. The number of likely N-dealkylation sites (tertiary alicyclic amines) is 1. The van der Waals surface area contributed by atoms with Crippen molar-refractivity contribution < 1.29 is 18.3 Å². The molecule has 4 nitrogen and oxygen atoms in total. The lowest BCUT2D eigenvalue weighted by Crippen LogP contribution is -2.49. The van der Waals surface area contributed by atoms with Crippen LogP contribution >= 0.6 is 0 Å². The Kier molecular flexibility index (Phi) is 4.23. The van der Waals surface area contributed by atoms with E-state index in [4.69, 9.17) is 10.5 Å². The van der Waals surface area contributed by atoms with Gasteiger partial charge in [0.15, 0.2) is 0 Å². The summed E-state index contributed by atoms with van der Waals surface area (Å²) in [5.74, 6) is -1.68. The molecule has 1 amide bonds. The van der Waals surface area contributed by atoms with Crippen LogP contribution in [-0.2, 0) is 4.79 Å². The zero-order chi connectivity index (χ0) is 14.9. The second-order valence-electron chi connectivity index (χ2n) is 5.03. The zero-order valence-corrected chi connectivity index (χ0v) is 11.5. The molecule has 1 aliphatic heterocycles. The first-order valence-electron chi connectivity index (χ1n) is 6.48. The first kappa shape index (κ1) is 14.7. The Labute approximate surface area is 116 Å². The van der Waals surface area contributed by atoms with Gasteiger partial charge in [0.05, 0.1) is 7.11 Å².